The van der Waals surface area contributed by atoms with Crippen molar-refractivity contribution in [1.82, 2.24) is 10.2 Å². The van der Waals surface area contributed by atoms with E-state index in [-0.39, 0.29) is 43.8 Å². The molecule has 0 heterocycles. The van der Waals surface area contributed by atoms with Crippen LogP contribution < -0.4 is 9.62 Å². The lowest BCUT2D eigenvalue weighted by molar-refractivity contribution is -0.141. The van der Waals surface area contributed by atoms with Crippen LogP contribution in [0.1, 0.15) is 50.3 Å². The molecule has 2 amide bonds. The molecule has 1 N–H and O–H groups in total. The van der Waals surface area contributed by atoms with Gasteiger partial charge in [-0.15, -0.1) is 0 Å². The van der Waals surface area contributed by atoms with Crippen molar-refractivity contribution in [2.24, 2.45) is 0 Å². The molecule has 0 aliphatic rings. The molecule has 0 aromatic heterocycles. The average Bonchev–Trinajstić information content (AvgIpc) is 2.93. The number of hydrogen-bond acceptors (Lipinski definition) is 4. The van der Waals surface area contributed by atoms with E-state index in [1.54, 1.807) is 24.3 Å². The molecule has 220 valence electrons. The van der Waals surface area contributed by atoms with Crippen LogP contribution in [0.15, 0.2) is 78.9 Å². The predicted octanol–water partition coefficient (Wildman–Crippen LogP) is 5.10. The van der Waals surface area contributed by atoms with Gasteiger partial charge in [-0.05, 0) is 67.6 Å². The van der Waals surface area contributed by atoms with Crippen LogP contribution in [0.2, 0.25) is 0 Å². The third kappa shape index (κ3) is 9.70. The van der Waals surface area contributed by atoms with Crippen molar-refractivity contribution in [1.29, 1.82) is 0 Å². The standard InChI is InChI=1S/C32H40FN3O4S/c1-5-25-15-19-29(20-16-25)36(41(4,39)40)21-9-12-31(37)35(23-27-13-17-28(33)18-14-27)30(32(38)34-24(2)3)22-26-10-7-6-8-11-26/h6-8,10-11,13-20,24,30H,5,9,12,21-23H2,1-4H3,(H,34,38)/t30-/m1/s1. The summed E-state index contributed by atoms with van der Waals surface area (Å²) in [5.74, 6) is -0.963. The first-order valence-corrected chi connectivity index (χ1v) is 15.8. The second-order valence-electron chi connectivity index (χ2n) is 10.5. The van der Waals surface area contributed by atoms with E-state index in [4.69, 9.17) is 0 Å². The second kappa shape index (κ2) is 14.8. The van der Waals surface area contributed by atoms with Crippen LogP contribution in [0, 0.1) is 5.82 Å². The molecule has 0 spiro atoms. The maximum Gasteiger partial charge on any atom is 0.243 e. The Labute approximate surface area is 243 Å². The summed E-state index contributed by atoms with van der Waals surface area (Å²) in [5, 5.41) is 2.94. The van der Waals surface area contributed by atoms with Gasteiger partial charge in [0.15, 0.2) is 0 Å². The first-order valence-electron chi connectivity index (χ1n) is 13.9. The van der Waals surface area contributed by atoms with Crippen LogP contribution in [0.4, 0.5) is 10.1 Å². The van der Waals surface area contributed by atoms with Crippen LogP contribution >= 0.6 is 0 Å². The van der Waals surface area contributed by atoms with Gasteiger partial charge >= 0.3 is 0 Å². The largest absolute Gasteiger partial charge is 0.352 e. The highest BCUT2D eigenvalue weighted by Gasteiger charge is 2.31. The van der Waals surface area contributed by atoms with Crippen molar-refractivity contribution >= 4 is 27.5 Å². The molecule has 3 rings (SSSR count). The van der Waals surface area contributed by atoms with Crippen molar-refractivity contribution in [3.63, 3.8) is 0 Å². The molecule has 1 atom stereocenters. The maximum atomic E-state index is 13.8. The van der Waals surface area contributed by atoms with Crippen LogP contribution in [0.3, 0.4) is 0 Å². The third-order valence-electron chi connectivity index (χ3n) is 6.75. The average molecular weight is 582 g/mol. The summed E-state index contributed by atoms with van der Waals surface area (Å²) in [6.07, 6.45) is 2.57. The molecule has 7 nitrogen and oxygen atoms in total. The summed E-state index contributed by atoms with van der Waals surface area (Å²) in [6, 6.07) is 21.7. The van der Waals surface area contributed by atoms with Gasteiger partial charge < -0.3 is 10.2 Å². The number of nitrogens with one attached hydrogen (secondary N) is 1. The zero-order valence-electron chi connectivity index (χ0n) is 24.2. The van der Waals surface area contributed by atoms with Gasteiger partial charge in [-0.25, -0.2) is 12.8 Å². The number of rotatable bonds is 14. The molecular weight excluding hydrogens is 541 g/mol. The second-order valence-corrected chi connectivity index (χ2v) is 12.4. The Hall–Kier alpha value is -3.72. The number of carbonyl (C=O) groups is 2. The Balaban J connectivity index is 1.86. The first-order chi connectivity index (χ1) is 19.5. The minimum Gasteiger partial charge on any atom is -0.352 e. The van der Waals surface area contributed by atoms with Gasteiger partial charge in [0, 0.05) is 32.0 Å². The number of aryl methyl sites for hydroxylation is 1. The van der Waals surface area contributed by atoms with Crippen molar-refractivity contribution in [3.8, 4) is 0 Å². The van der Waals surface area contributed by atoms with Crippen LogP contribution in [-0.4, -0.2) is 50.0 Å². The Kier molecular flexibility index (Phi) is 11.5. The Bertz CT molecular complexity index is 1380. The zero-order valence-corrected chi connectivity index (χ0v) is 25.0. The number of halogens is 1. The van der Waals surface area contributed by atoms with E-state index in [2.05, 4.69) is 5.32 Å². The van der Waals surface area contributed by atoms with Gasteiger partial charge in [-0.1, -0.05) is 61.5 Å². The monoisotopic (exact) mass is 581 g/mol. The molecule has 0 aliphatic carbocycles. The lowest BCUT2D eigenvalue weighted by Crippen LogP contribution is -2.51. The van der Waals surface area contributed by atoms with Crippen molar-refractivity contribution in [2.75, 3.05) is 17.1 Å². The molecule has 0 bridgehead atoms. The maximum absolute atomic E-state index is 13.8. The van der Waals surface area contributed by atoms with E-state index in [0.29, 0.717) is 17.7 Å². The van der Waals surface area contributed by atoms with Gasteiger partial charge in [0.25, 0.3) is 0 Å². The minimum atomic E-state index is -3.58. The number of carbonyl (C=O) groups excluding carboxylic acids is 2. The lowest BCUT2D eigenvalue weighted by Gasteiger charge is -2.32. The van der Waals surface area contributed by atoms with E-state index in [0.717, 1.165) is 23.8 Å². The number of anilines is 1. The van der Waals surface area contributed by atoms with Gasteiger partial charge in [0.1, 0.15) is 11.9 Å². The topological polar surface area (TPSA) is 86.8 Å². The van der Waals surface area contributed by atoms with Crippen molar-refractivity contribution < 1.29 is 22.4 Å². The number of sulfonamides is 1. The number of amides is 2. The quantitative estimate of drug-likeness (QED) is 0.287. The van der Waals surface area contributed by atoms with Gasteiger partial charge in [0.05, 0.1) is 11.9 Å². The fraction of sp³-hybridized carbons (Fsp3) is 0.375. The SMILES string of the molecule is CCc1ccc(N(CCCC(=O)N(Cc2ccc(F)cc2)[C@H](Cc2ccccc2)C(=O)NC(C)C)S(C)(=O)=O)cc1. The molecule has 0 saturated heterocycles. The fourth-order valence-corrected chi connectivity index (χ4v) is 5.59. The summed E-state index contributed by atoms with van der Waals surface area (Å²) in [6.45, 7) is 5.96. The van der Waals surface area contributed by atoms with Crippen LogP contribution in [0.5, 0.6) is 0 Å². The highest BCUT2D eigenvalue weighted by atomic mass is 32.2. The minimum absolute atomic E-state index is 0.0283. The smallest absolute Gasteiger partial charge is 0.243 e. The molecular formula is C32H40FN3O4S. The number of hydrogen-bond donors (Lipinski definition) is 1. The highest BCUT2D eigenvalue weighted by molar-refractivity contribution is 7.92. The van der Waals surface area contributed by atoms with E-state index < -0.39 is 21.9 Å². The summed E-state index contributed by atoms with van der Waals surface area (Å²) in [7, 11) is -3.58. The van der Waals surface area contributed by atoms with E-state index >= 15 is 0 Å². The third-order valence-corrected chi connectivity index (χ3v) is 7.95. The lowest BCUT2D eigenvalue weighted by atomic mass is 10.0. The van der Waals surface area contributed by atoms with Crippen molar-refractivity contribution in [3.05, 3.63) is 101 Å². The molecule has 0 aliphatic heterocycles. The molecule has 0 radical (unpaired) electrons. The van der Waals surface area contributed by atoms with Gasteiger partial charge in [-0.2, -0.15) is 0 Å². The molecule has 9 heteroatoms. The summed E-state index contributed by atoms with van der Waals surface area (Å²) < 4.78 is 40.2. The van der Waals surface area contributed by atoms with Crippen LogP contribution in [0.25, 0.3) is 0 Å². The highest BCUT2D eigenvalue weighted by Crippen LogP contribution is 2.21. The molecule has 41 heavy (non-hydrogen) atoms. The molecule has 0 saturated carbocycles. The Morgan fingerprint density at radius 2 is 1.49 bits per heavy atom. The summed E-state index contributed by atoms with van der Waals surface area (Å²) >= 11 is 0. The van der Waals surface area contributed by atoms with E-state index in [1.165, 1.54) is 21.3 Å². The Morgan fingerprint density at radius 3 is 2.05 bits per heavy atom. The molecule has 0 fully saturated rings. The number of benzene rings is 3. The molecule has 0 unspecified atom stereocenters. The molecule has 3 aromatic carbocycles. The summed E-state index contributed by atoms with van der Waals surface area (Å²) in [5.41, 5.74) is 3.22. The summed E-state index contributed by atoms with van der Waals surface area (Å²) in [4.78, 5) is 28.8. The first kappa shape index (κ1) is 31.8. The normalized spacial score (nSPS) is 12.1. The van der Waals surface area contributed by atoms with Crippen LogP contribution in [-0.2, 0) is 39.0 Å². The molecule has 3 aromatic rings. The van der Waals surface area contributed by atoms with Gasteiger partial charge in [-0.3, -0.25) is 13.9 Å². The van der Waals surface area contributed by atoms with Crippen molar-refractivity contribution in [2.45, 2.75) is 65.1 Å². The van der Waals surface area contributed by atoms with Gasteiger partial charge in [0.2, 0.25) is 21.8 Å². The zero-order chi connectivity index (χ0) is 30.0. The number of nitrogens with zero attached hydrogens (tertiary/aromatic N) is 2. The fourth-order valence-electron chi connectivity index (χ4n) is 4.62. The van der Waals surface area contributed by atoms with E-state index in [9.17, 15) is 22.4 Å². The predicted molar refractivity (Wildman–Crippen MR) is 161 cm³/mol. The van der Waals surface area contributed by atoms with E-state index in [1.807, 2.05) is 63.2 Å². The Morgan fingerprint density at radius 1 is 0.878 bits per heavy atom.